The third kappa shape index (κ3) is 5.38. The molecule has 0 aliphatic heterocycles. The van der Waals surface area contributed by atoms with Gasteiger partial charge in [-0.1, -0.05) is 13.8 Å². The molecule has 1 unspecified atom stereocenters. The second-order valence-corrected chi connectivity index (χ2v) is 7.69. The molecule has 1 atom stereocenters. The van der Waals surface area contributed by atoms with Gasteiger partial charge in [0.05, 0.1) is 12.9 Å². The summed E-state index contributed by atoms with van der Waals surface area (Å²) >= 11 is 0. The summed E-state index contributed by atoms with van der Waals surface area (Å²) in [6, 6.07) is -0.595. The Kier molecular flexibility index (Phi) is 6.42. The minimum Gasteiger partial charge on any atom is -0.395 e. The van der Waals surface area contributed by atoms with Crippen LogP contribution in [0.2, 0.25) is 0 Å². The number of aliphatic hydroxyl groups is 1. The van der Waals surface area contributed by atoms with E-state index in [2.05, 4.69) is 4.72 Å². The third-order valence-electron chi connectivity index (χ3n) is 3.50. The molecule has 20 heavy (non-hydrogen) atoms. The molecule has 1 rings (SSSR count). The summed E-state index contributed by atoms with van der Waals surface area (Å²) in [5.74, 6) is -0.0153. The van der Waals surface area contributed by atoms with Gasteiger partial charge in [0.25, 0.3) is 0 Å². The Bertz CT molecular complexity index is 418. The van der Waals surface area contributed by atoms with Crippen molar-refractivity contribution >= 4 is 15.9 Å². The molecule has 0 bridgehead atoms. The van der Waals surface area contributed by atoms with Crippen LogP contribution in [0.4, 0.5) is 0 Å². The summed E-state index contributed by atoms with van der Waals surface area (Å²) < 4.78 is 25.3. The molecule has 0 radical (unpaired) electrons. The highest BCUT2D eigenvalue weighted by atomic mass is 32.2. The normalized spacial score (nSPS) is 17.9. The van der Waals surface area contributed by atoms with Crippen molar-refractivity contribution in [3.8, 4) is 0 Å². The number of carbonyl (C=O) groups is 1. The lowest BCUT2D eigenvalue weighted by atomic mass is 9.90. The number of hydrogen-bond acceptors (Lipinski definition) is 4. The van der Waals surface area contributed by atoms with Crippen LogP contribution in [0.1, 0.15) is 39.5 Å². The van der Waals surface area contributed by atoms with Crippen molar-refractivity contribution in [1.29, 1.82) is 0 Å². The summed E-state index contributed by atoms with van der Waals surface area (Å²) in [6.07, 6.45) is 4.46. The van der Waals surface area contributed by atoms with Gasteiger partial charge in [0, 0.05) is 12.6 Å². The molecule has 0 saturated heterocycles. The standard InChI is InChI=1S/C13H26N2O4S/c1-10(2)9-12(14-20(3,18)19)13(17)15(7-8-16)11-5-4-6-11/h10-12,14,16H,4-9H2,1-3H3. The van der Waals surface area contributed by atoms with Crippen molar-refractivity contribution in [3.05, 3.63) is 0 Å². The monoisotopic (exact) mass is 306 g/mol. The summed E-state index contributed by atoms with van der Waals surface area (Å²) in [5.41, 5.74) is 0. The second-order valence-electron chi connectivity index (χ2n) is 5.91. The van der Waals surface area contributed by atoms with Crippen molar-refractivity contribution in [1.82, 2.24) is 9.62 Å². The van der Waals surface area contributed by atoms with Crippen LogP contribution in [-0.2, 0) is 14.8 Å². The average Bonchev–Trinajstić information content (AvgIpc) is 2.21. The van der Waals surface area contributed by atoms with Crippen molar-refractivity contribution in [2.24, 2.45) is 5.92 Å². The molecule has 0 heterocycles. The zero-order valence-corrected chi connectivity index (χ0v) is 13.3. The number of nitrogens with zero attached hydrogens (tertiary/aromatic N) is 1. The number of amides is 1. The first-order chi connectivity index (χ1) is 9.24. The summed E-state index contributed by atoms with van der Waals surface area (Å²) in [6.45, 7) is 4.06. The second kappa shape index (κ2) is 7.38. The van der Waals surface area contributed by atoms with E-state index in [1.165, 1.54) is 0 Å². The van der Waals surface area contributed by atoms with Gasteiger partial charge in [0.1, 0.15) is 6.04 Å². The van der Waals surface area contributed by atoms with Gasteiger partial charge in [-0.15, -0.1) is 0 Å². The number of aliphatic hydroxyl groups excluding tert-OH is 1. The van der Waals surface area contributed by atoms with Gasteiger partial charge in [-0.2, -0.15) is 0 Å². The van der Waals surface area contributed by atoms with E-state index < -0.39 is 16.1 Å². The topological polar surface area (TPSA) is 86.7 Å². The van der Waals surface area contributed by atoms with E-state index in [4.69, 9.17) is 5.11 Å². The van der Waals surface area contributed by atoms with Crippen LogP contribution < -0.4 is 4.72 Å². The van der Waals surface area contributed by atoms with Gasteiger partial charge in [-0.25, -0.2) is 13.1 Å². The quantitative estimate of drug-likeness (QED) is 0.676. The summed E-state index contributed by atoms with van der Waals surface area (Å²) in [4.78, 5) is 14.2. The molecule has 1 aliphatic rings. The molecule has 2 N–H and O–H groups in total. The first-order valence-corrected chi connectivity index (χ1v) is 9.02. The fourth-order valence-corrected chi connectivity index (χ4v) is 3.12. The molecular weight excluding hydrogens is 280 g/mol. The van der Waals surface area contributed by atoms with Crippen LogP contribution in [-0.4, -0.2) is 55.8 Å². The first-order valence-electron chi connectivity index (χ1n) is 7.13. The largest absolute Gasteiger partial charge is 0.395 e. The molecular formula is C13H26N2O4S. The van der Waals surface area contributed by atoms with Gasteiger partial charge in [0.15, 0.2) is 0 Å². The zero-order chi connectivity index (χ0) is 15.3. The van der Waals surface area contributed by atoms with Crippen LogP contribution in [0.5, 0.6) is 0 Å². The molecule has 0 aromatic carbocycles. The van der Waals surface area contributed by atoms with Gasteiger partial charge >= 0.3 is 0 Å². The van der Waals surface area contributed by atoms with Crippen molar-refractivity contribution < 1.29 is 18.3 Å². The Morgan fingerprint density at radius 2 is 2.00 bits per heavy atom. The first kappa shape index (κ1) is 17.4. The number of rotatable bonds is 8. The number of carbonyl (C=O) groups excluding carboxylic acids is 1. The molecule has 6 nitrogen and oxygen atoms in total. The van der Waals surface area contributed by atoms with Crippen molar-refractivity contribution in [3.63, 3.8) is 0 Å². The summed E-state index contributed by atoms with van der Waals surface area (Å²) in [7, 11) is -3.44. The SMILES string of the molecule is CC(C)CC(NS(C)(=O)=O)C(=O)N(CCO)C1CCC1. The Hall–Kier alpha value is -0.660. The molecule has 1 saturated carbocycles. The number of nitrogens with one attached hydrogen (secondary N) is 1. The zero-order valence-electron chi connectivity index (χ0n) is 12.5. The Morgan fingerprint density at radius 1 is 1.40 bits per heavy atom. The fraction of sp³-hybridized carbons (Fsp3) is 0.923. The van der Waals surface area contributed by atoms with E-state index in [-0.39, 0.29) is 31.0 Å². The van der Waals surface area contributed by atoms with Crippen LogP contribution in [0, 0.1) is 5.92 Å². The van der Waals surface area contributed by atoms with Gasteiger partial charge in [-0.3, -0.25) is 4.79 Å². The summed E-state index contributed by atoms with van der Waals surface area (Å²) in [5, 5.41) is 9.12. The molecule has 0 aromatic rings. The maximum atomic E-state index is 12.6. The van der Waals surface area contributed by atoms with E-state index in [1.807, 2.05) is 13.8 Å². The highest BCUT2D eigenvalue weighted by Gasteiger charge is 2.33. The lowest BCUT2D eigenvalue weighted by molar-refractivity contribution is -0.138. The highest BCUT2D eigenvalue weighted by molar-refractivity contribution is 7.88. The van der Waals surface area contributed by atoms with Crippen LogP contribution >= 0.6 is 0 Å². The molecule has 0 spiro atoms. The molecule has 7 heteroatoms. The number of sulfonamides is 1. The van der Waals surface area contributed by atoms with Gasteiger partial charge in [-0.05, 0) is 31.6 Å². The highest BCUT2D eigenvalue weighted by Crippen LogP contribution is 2.25. The molecule has 0 aromatic heterocycles. The van der Waals surface area contributed by atoms with Gasteiger partial charge < -0.3 is 10.0 Å². The maximum absolute atomic E-state index is 12.6. The van der Waals surface area contributed by atoms with E-state index in [0.717, 1.165) is 25.5 Å². The molecule has 1 aliphatic carbocycles. The minimum atomic E-state index is -3.44. The van der Waals surface area contributed by atoms with Crippen molar-refractivity contribution in [2.45, 2.75) is 51.6 Å². The lowest BCUT2D eigenvalue weighted by Gasteiger charge is -2.39. The molecule has 1 amide bonds. The van der Waals surface area contributed by atoms with Crippen molar-refractivity contribution in [2.75, 3.05) is 19.4 Å². The average molecular weight is 306 g/mol. The third-order valence-corrected chi connectivity index (χ3v) is 4.21. The predicted octanol–water partition coefficient (Wildman–Crippen LogP) is 0.324. The Balaban J connectivity index is 2.82. The van der Waals surface area contributed by atoms with Gasteiger partial charge in [0.2, 0.25) is 15.9 Å². The maximum Gasteiger partial charge on any atom is 0.241 e. The molecule has 118 valence electrons. The van der Waals surface area contributed by atoms with E-state index in [9.17, 15) is 13.2 Å². The minimum absolute atomic E-state index is 0.102. The van der Waals surface area contributed by atoms with E-state index in [1.54, 1.807) is 4.90 Å². The Labute approximate surface area is 121 Å². The molecule has 1 fully saturated rings. The van der Waals surface area contributed by atoms with E-state index >= 15 is 0 Å². The fourth-order valence-electron chi connectivity index (χ4n) is 2.41. The van der Waals surface area contributed by atoms with Crippen LogP contribution in [0.25, 0.3) is 0 Å². The van der Waals surface area contributed by atoms with Crippen LogP contribution in [0.15, 0.2) is 0 Å². The smallest absolute Gasteiger partial charge is 0.241 e. The predicted molar refractivity (Wildman–Crippen MR) is 77.7 cm³/mol. The lowest BCUT2D eigenvalue weighted by Crippen LogP contribution is -2.54. The number of hydrogen-bond donors (Lipinski definition) is 2. The van der Waals surface area contributed by atoms with Crippen LogP contribution in [0.3, 0.4) is 0 Å². The van der Waals surface area contributed by atoms with E-state index in [0.29, 0.717) is 6.42 Å². The Morgan fingerprint density at radius 3 is 2.35 bits per heavy atom.